The number of hydrogen-bond donors (Lipinski definition) is 1. The first-order valence-electron chi connectivity index (χ1n) is 8.59. The van der Waals surface area contributed by atoms with Crippen LogP contribution in [-0.2, 0) is 20.1 Å². The first-order chi connectivity index (χ1) is 13.0. The smallest absolute Gasteiger partial charge is 0.244 e. The Hall–Kier alpha value is -2.25. The lowest BCUT2D eigenvalue weighted by Gasteiger charge is -2.29. The number of carbonyl (C=O) groups is 3. The molecule has 7 heteroatoms. The Morgan fingerprint density at radius 3 is 2.33 bits per heavy atom. The number of nitrogens with two attached hydrogens (primary N) is 1. The van der Waals surface area contributed by atoms with Crippen molar-refractivity contribution in [3.8, 4) is 0 Å². The molecule has 2 aromatic carbocycles. The van der Waals surface area contributed by atoms with Gasteiger partial charge in [0.1, 0.15) is 0 Å². The van der Waals surface area contributed by atoms with E-state index < -0.39 is 21.8 Å². The van der Waals surface area contributed by atoms with Crippen LogP contribution < -0.4 is 10.6 Å². The number of primary amides is 1. The van der Waals surface area contributed by atoms with Crippen molar-refractivity contribution in [2.24, 2.45) is 17.6 Å². The maximum atomic E-state index is 13.2. The Morgan fingerprint density at radius 1 is 1.07 bits per heavy atom. The van der Waals surface area contributed by atoms with E-state index in [1.54, 1.807) is 24.3 Å². The van der Waals surface area contributed by atoms with Gasteiger partial charge in [-0.3, -0.25) is 14.4 Å². The van der Waals surface area contributed by atoms with Crippen LogP contribution in [0.25, 0.3) is 0 Å². The number of fused-ring (bicyclic) bond motifs is 1. The normalized spacial score (nSPS) is 27.0. The van der Waals surface area contributed by atoms with Gasteiger partial charge >= 0.3 is 0 Å². The zero-order valence-electron chi connectivity index (χ0n) is 14.4. The molecule has 0 aromatic heterocycles. The second-order valence-electron chi connectivity index (χ2n) is 6.55. The van der Waals surface area contributed by atoms with Crippen LogP contribution in [0.2, 0.25) is 0 Å². The van der Waals surface area contributed by atoms with Gasteiger partial charge in [0.2, 0.25) is 17.7 Å². The molecule has 0 aliphatic carbocycles. The fraction of sp³-hybridized carbons (Fsp3) is 0.250. The first kappa shape index (κ1) is 18.1. The number of carbonyl (C=O) groups excluding carboxylic acids is 3. The van der Waals surface area contributed by atoms with Crippen molar-refractivity contribution in [3.05, 3.63) is 66.2 Å². The second kappa shape index (κ2) is 7.05. The number of imide groups is 1. The first-order valence-corrected chi connectivity index (χ1v) is 10.6. The molecular formula is C20H18N2O3S2. The third kappa shape index (κ3) is 2.95. The molecule has 0 bridgehead atoms. The molecule has 2 aliphatic rings. The molecule has 2 N–H and O–H groups in total. The molecule has 0 spiro atoms. The summed E-state index contributed by atoms with van der Waals surface area (Å²) in [5.41, 5.74) is 7.37. The summed E-state index contributed by atoms with van der Waals surface area (Å²) in [6.07, 6.45) is 0. The van der Waals surface area contributed by atoms with Crippen molar-refractivity contribution >= 4 is 46.9 Å². The molecule has 3 amide bonds. The summed E-state index contributed by atoms with van der Waals surface area (Å²) < 4.78 is -1.13. The van der Waals surface area contributed by atoms with Gasteiger partial charge in [-0.1, -0.05) is 48.5 Å². The highest BCUT2D eigenvalue weighted by molar-refractivity contribution is 8.19. The zero-order valence-corrected chi connectivity index (χ0v) is 16.0. The quantitative estimate of drug-likeness (QED) is 0.783. The predicted molar refractivity (Wildman–Crippen MR) is 108 cm³/mol. The maximum absolute atomic E-state index is 13.2. The summed E-state index contributed by atoms with van der Waals surface area (Å²) in [4.78, 5) is 39.8. The molecule has 0 saturated carbocycles. The third-order valence-corrected chi connectivity index (χ3v) is 8.45. The van der Waals surface area contributed by atoms with E-state index in [0.717, 1.165) is 5.56 Å². The van der Waals surface area contributed by atoms with Gasteiger partial charge in [0.25, 0.3) is 0 Å². The van der Waals surface area contributed by atoms with Crippen LogP contribution in [-0.4, -0.2) is 27.6 Å². The molecule has 2 aromatic rings. The van der Waals surface area contributed by atoms with E-state index in [9.17, 15) is 14.4 Å². The van der Waals surface area contributed by atoms with Crippen molar-refractivity contribution in [1.82, 2.24) is 0 Å². The number of benzene rings is 2. The Balaban J connectivity index is 1.66. The highest BCUT2D eigenvalue weighted by Gasteiger charge is 2.65. The zero-order chi connectivity index (χ0) is 19.0. The van der Waals surface area contributed by atoms with Crippen LogP contribution in [0.3, 0.4) is 0 Å². The largest absolute Gasteiger partial charge is 0.368 e. The predicted octanol–water partition coefficient (Wildman–Crippen LogP) is 2.65. The minimum Gasteiger partial charge on any atom is -0.368 e. The fourth-order valence-corrected chi connectivity index (χ4v) is 6.87. The van der Waals surface area contributed by atoms with Gasteiger partial charge in [-0.15, -0.1) is 23.5 Å². The van der Waals surface area contributed by atoms with Gasteiger partial charge < -0.3 is 5.73 Å². The van der Waals surface area contributed by atoms with Gasteiger partial charge in [-0.05, 0) is 17.7 Å². The van der Waals surface area contributed by atoms with Crippen molar-refractivity contribution < 1.29 is 14.4 Å². The summed E-state index contributed by atoms with van der Waals surface area (Å²) in [5.74, 6) is -1.40. The van der Waals surface area contributed by atoms with Crippen LogP contribution in [0.5, 0.6) is 0 Å². The van der Waals surface area contributed by atoms with E-state index in [4.69, 9.17) is 5.73 Å². The lowest BCUT2D eigenvalue weighted by molar-refractivity contribution is -0.126. The molecular weight excluding hydrogens is 380 g/mol. The van der Waals surface area contributed by atoms with Crippen LogP contribution in [0.4, 0.5) is 5.69 Å². The molecule has 138 valence electrons. The molecule has 2 saturated heterocycles. The van der Waals surface area contributed by atoms with Crippen molar-refractivity contribution in [2.75, 3.05) is 10.7 Å². The average molecular weight is 399 g/mol. The number of hydrogen-bond acceptors (Lipinski definition) is 5. The van der Waals surface area contributed by atoms with Gasteiger partial charge in [0.05, 0.1) is 17.5 Å². The SMILES string of the molecule is NC(=O)C1(SCc2ccccc2)SCC2C(=O)N(c3ccccc3)C(=O)C21. The monoisotopic (exact) mass is 398 g/mol. The van der Waals surface area contributed by atoms with Crippen LogP contribution in [0.1, 0.15) is 5.56 Å². The highest BCUT2D eigenvalue weighted by Crippen LogP contribution is 2.57. The summed E-state index contributed by atoms with van der Waals surface area (Å²) in [6.45, 7) is 0. The van der Waals surface area contributed by atoms with E-state index in [1.807, 2.05) is 36.4 Å². The highest BCUT2D eigenvalue weighted by atomic mass is 32.2. The number of para-hydroxylation sites is 1. The molecule has 2 heterocycles. The van der Waals surface area contributed by atoms with Crippen molar-refractivity contribution in [2.45, 2.75) is 9.83 Å². The average Bonchev–Trinajstić information content (AvgIpc) is 3.19. The van der Waals surface area contributed by atoms with Gasteiger partial charge in [0.15, 0.2) is 4.08 Å². The minimum atomic E-state index is -1.13. The van der Waals surface area contributed by atoms with Crippen LogP contribution >= 0.6 is 23.5 Å². The van der Waals surface area contributed by atoms with Crippen molar-refractivity contribution in [3.63, 3.8) is 0 Å². The van der Waals surface area contributed by atoms with E-state index in [0.29, 0.717) is 17.2 Å². The number of thioether (sulfide) groups is 2. The fourth-order valence-electron chi connectivity index (χ4n) is 3.65. The Morgan fingerprint density at radius 2 is 1.70 bits per heavy atom. The molecule has 4 rings (SSSR count). The summed E-state index contributed by atoms with van der Waals surface area (Å²) in [5, 5.41) is 0. The third-order valence-electron chi connectivity index (χ3n) is 4.97. The Labute approximate surface area is 165 Å². The lowest BCUT2D eigenvalue weighted by Crippen LogP contribution is -2.46. The van der Waals surface area contributed by atoms with E-state index >= 15 is 0 Å². The lowest BCUT2D eigenvalue weighted by atomic mass is 9.93. The molecule has 5 nitrogen and oxygen atoms in total. The maximum Gasteiger partial charge on any atom is 0.244 e. The summed E-state index contributed by atoms with van der Waals surface area (Å²) in [6, 6.07) is 18.6. The summed E-state index contributed by atoms with van der Waals surface area (Å²) >= 11 is 2.69. The van der Waals surface area contributed by atoms with E-state index in [2.05, 4.69) is 0 Å². The molecule has 3 unspecified atom stereocenters. The van der Waals surface area contributed by atoms with Crippen LogP contribution in [0.15, 0.2) is 60.7 Å². The Kier molecular flexibility index (Phi) is 4.74. The Bertz CT molecular complexity index is 891. The van der Waals surface area contributed by atoms with Gasteiger partial charge in [-0.2, -0.15) is 0 Å². The molecule has 27 heavy (non-hydrogen) atoms. The van der Waals surface area contributed by atoms with Crippen LogP contribution in [0, 0.1) is 11.8 Å². The molecule has 2 aliphatic heterocycles. The number of rotatable bonds is 5. The molecule has 2 fully saturated rings. The number of nitrogens with zero attached hydrogens (tertiary/aromatic N) is 1. The number of anilines is 1. The van der Waals surface area contributed by atoms with Gasteiger partial charge in [0, 0.05) is 11.5 Å². The van der Waals surface area contributed by atoms with Gasteiger partial charge in [-0.25, -0.2) is 4.90 Å². The van der Waals surface area contributed by atoms with E-state index in [1.165, 1.54) is 28.4 Å². The summed E-state index contributed by atoms with van der Waals surface area (Å²) in [7, 11) is 0. The molecule has 0 radical (unpaired) electrons. The number of amides is 3. The minimum absolute atomic E-state index is 0.243. The van der Waals surface area contributed by atoms with Crippen molar-refractivity contribution in [1.29, 1.82) is 0 Å². The molecule has 3 atom stereocenters. The standard InChI is InChI=1S/C20H18N2O3S2/c21-19(25)20(26-11-13-7-3-1-4-8-13)16-15(12-27-20)17(23)22(18(16)24)14-9-5-2-6-10-14/h1-10,15-16H,11-12H2,(H2,21,25). The second-order valence-corrected chi connectivity index (χ2v) is 9.29. The topological polar surface area (TPSA) is 80.5 Å². The van der Waals surface area contributed by atoms with E-state index in [-0.39, 0.29) is 11.8 Å².